The Morgan fingerprint density at radius 1 is 1.50 bits per heavy atom. The van der Waals surface area contributed by atoms with E-state index in [1.54, 1.807) is 6.92 Å². The van der Waals surface area contributed by atoms with Crippen molar-refractivity contribution >= 4 is 21.7 Å². The number of halogens is 4. The molecule has 0 bridgehead atoms. The second-order valence-electron chi connectivity index (χ2n) is 3.69. The molecule has 0 radical (unpaired) electrons. The van der Waals surface area contributed by atoms with Gasteiger partial charge in [0.1, 0.15) is 5.82 Å². The SMILES string of the molecule is CCOC(C)CNc1ncc(Br)cc1C(F)(F)F. The minimum atomic E-state index is -4.44. The van der Waals surface area contributed by atoms with Gasteiger partial charge in [-0.2, -0.15) is 13.2 Å². The van der Waals surface area contributed by atoms with Crippen molar-refractivity contribution in [1.29, 1.82) is 0 Å². The van der Waals surface area contributed by atoms with Crippen molar-refractivity contribution in [3.05, 3.63) is 22.3 Å². The van der Waals surface area contributed by atoms with Gasteiger partial charge in [0, 0.05) is 23.8 Å². The number of pyridine rings is 1. The summed E-state index contributed by atoms with van der Waals surface area (Å²) < 4.78 is 43.8. The van der Waals surface area contributed by atoms with E-state index in [1.807, 2.05) is 6.92 Å². The zero-order valence-corrected chi connectivity index (χ0v) is 11.6. The predicted molar refractivity (Wildman–Crippen MR) is 66.5 cm³/mol. The summed E-state index contributed by atoms with van der Waals surface area (Å²) in [4.78, 5) is 3.74. The van der Waals surface area contributed by atoms with Gasteiger partial charge >= 0.3 is 6.18 Å². The molecular formula is C11H14BrF3N2O. The maximum Gasteiger partial charge on any atom is 0.419 e. The van der Waals surface area contributed by atoms with Crippen molar-refractivity contribution in [2.45, 2.75) is 26.1 Å². The normalized spacial score (nSPS) is 13.4. The molecule has 1 heterocycles. The van der Waals surface area contributed by atoms with Crippen molar-refractivity contribution in [2.24, 2.45) is 0 Å². The molecule has 1 unspecified atom stereocenters. The highest BCUT2D eigenvalue weighted by molar-refractivity contribution is 9.10. The number of anilines is 1. The van der Waals surface area contributed by atoms with E-state index < -0.39 is 11.7 Å². The fourth-order valence-corrected chi connectivity index (χ4v) is 1.71. The Bertz CT molecular complexity index is 398. The first-order valence-corrected chi connectivity index (χ1v) is 6.22. The molecule has 1 aromatic rings. The molecule has 7 heteroatoms. The number of hydrogen-bond donors (Lipinski definition) is 1. The van der Waals surface area contributed by atoms with Crippen LogP contribution in [0.5, 0.6) is 0 Å². The summed E-state index contributed by atoms with van der Waals surface area (Å²) in [5.74, 6) is -0.183. The molecule has 1 atom stereocenters. The summed E-state index contributed by atoms with van der Waals surface area (Å²) >= 11 is 2.98. The molecule has 0 spiro atoms. The third kappa shape index (κ3) is 4.45. The first kappa shape index (κ1) is 15.2. The van der Waals surface area contributed by atoms with Crippen LogP contribution in [0.3, 0.4) is 0 Å². The Hall–Kier alpha value is -0.820. The smallest absolute Gasteiger partial charge is 0.377 e. The van der Waals surface area contributed by atoms with Crippen molar-refractivity contribution in [2.75, 3.05) is 18.5 Å². The van der Waals surface area contributed by atoms with E-state index >= 15 is 0 Å². The monoisotopic (exact) mass is 326 g/mol. The number of ether oxygens (including phenoxy) is 1. The fraction of sp³-hybridized carbons (Fsp3) is 0.545. The molecule has 0 aliphatic carbocycles. The molecule has 0 saturated carbocycles. The van der Waals surface area contributed by atoms with Gasteiger partial charge in [0.2, 0.25) is 0 Å². The number of rotatable bonds is 5. The summed E-state index contributed by atoms with van der Waals surface area (Å²) in [5.41, 5.74) is -0.791. The van der Waals surface area contributed by atoms with E-state index in [1.165, 1.54) is 6.20 Å². The van der Waals surface area contributed by atoms with Gasteiger partial charge in [-0.05, 0) is 35.8 Å². The van der Waals surface area contributed by atoms with Crippen LogP contribution in [0.25, 0.3) is 0 Å². The largest absolute Gasteiger partial charge is 0.419 e. The van der Waals surface area contributed by atoms with Crippen LogP contribution in [-0.4, -0.2) is 24.2 Å². The van der Waals surface area contributed by atoms with Crippen LogP contribution >= 0.6 is 15.9 Å². The molecule has 0 saturated heterocycles. The minimum Gasteiger partial charge on any atom is -0.377 e. The summed E-state index contributed by atoms with van der Waals surface area (Å²) in [7, 11) is 0. The summed E-state index contributed by atoms with van der Waals surface area (Å²) in [6, 6.07) is 1.00. The van der Waals surface area contributed by atoms with Crippen LogP contribution in [-0.2, 0) is 10.9 Å². The first-order valence-electron chi connectivity index (χ1n) is 5.42. The molecule has 1 aromatic heterocycles. The quantitative estimate of drug-likeness (QED) is 0.895. The van der Waals surface area contributed by atoms with Crippen molar-refractivity contribution in [3.63, 3.8) is 0 Å². The second-order valence-corrected chi connectivity index (χ2v) is 4.61. The third-order valence-corrected chi connectivity index (χ3v) is 2.60. The van der Waals surface area contributed by atoms with Crippen LogP contribution in [0, 0.1) is 0 Å². The standard InChI is InChI=1S/C11H14BrF3N2O/c1-3-18-7(2)5-16-10-9(11(13,14)15)4-8(12)6-17-10/h4,6-7H,3,5H2,1-2H3,(H,16,17). The van der Waals surface area contributed by atoms with Crippen LogP contribution in [0.2, 0.25) is 0 Å². The van der Waals surface area contributed by atoms with E-state index in [0.29, 0.717) is 11.1 Å². The number of nitrogens with one attached hydrogen (secondary N) is 1. The van der Waals surface area contributed by atoms with Gasteiger partial charge in [0.25, 0.3) is 0 Å². The molecule has 0 aliphatic heterocycles. The summed E-state index contributed by atoms with van der Waals surface area (Å²) in [5, 5.41) is 2.65. The molecule has 0 amide bonds. The van der Waals surface area contributed by atoms with Gasteiger partial charge < -0.3 is 10.1 Å². The highest BCUT2D eigenvalue weighted by Gasteiger charge is 2.34. The van der Waals surface area contributed by atoms with Gasteiger partial charge in [-0.25, -0.2) is 4.98 Å². The number of alkyl halides is 3. The lowest BCUT2D eigenvalue weighted by Crippen LogP contribution is -2.22. The molecular weight excluding hydrogens is 313 g/mol. The zero-order chi connectivity index (χ0) is 13.8. The summed E-state index contributed by atoms with van der Waals surface area (Å²) in [6.07, 6.45) is -3.29. The van der Waals surface area contributed by atoms with E-state index in [-0.39, 0.29) is 18.5 Å². The first-order chi connectivity index (χ1) is 8.34. The lowest BCUT2D eigenvalue weighted by Gasteiger charge is -2.16. The lowest BCUT2D eigenvalue weighted by atomic mass is 10.2. The van der Waals surface area contributed by atoms with E-state index in [2.05, 4.69) is 26.2 Å². The van der Waals surface area contributed by atoms with Gasteiger partial charge in [-0.3, -0.25) is 0 Å². The van der Waals surface area contributed by atoms with Crippen LogP contribution in [0.15, 0.2) is 16.7 Å². The molecule has 0 aromatic carbocycles. The molecule has 0 aliphatic rings. The van der Waals surface area contributed by atoms with Crippen LogP contribution < -0.4 is 5.32 Å². The maximum atomic E-state index is 12.8. The van der Waals surface area contributed by atoms with E-state index in [9.17, 15) is 13.2 Å². The average Bonchev–Trinajstić information content (AvgIpc) is 2.26. The highest BCUT2D eigenvalue weighted by atomic mass is 79.9. The topological polar surface area (TPSA) is 34.1 Å². The van der Waals surface area contributed by atoms with Gasteiger partial charge in [0.15, 0.2) is 0 Å². The Labute approximate surface area is 112 Å². The Morgan fingerprint density at radius 3 is 2.72 bits per heavy atom. The molecule has 1 rings (SSSR count). The fourth-order valence-electron chi connectivity index (χ4n) is 1.38. The van der Waals surface area contributed by atoms with E-state index in [4.69, 9.17) is 4.74 Å². The maximum absolute atomic E-state index is 12.8. The molecule has 0 fully saturated rings. The number of aromatic nitrogens is 1. The van der Waals surface area contributed by atoms with Gasteiger partial charge in [0.05, 0.1) is 11.7 Å². The third-order valence-electron chi connectivity index (χ3n) is 2.17. The highest BCUT2D eigenvalue weighted by Crippen LogP contribution is 2.35. The Kier molecular flexibility index (Phi) is 5.40. The lowest BCUT2D eigenvalue weighted by molar-refractivity contribution is -0.137. The van der Waals surface area contributed by atoms with Crippen LogP contribution in [0.4, 0.5) is 19.0 Å². The van der Waals surface area contributed by atoms with Crippen LogP contribution in [0.1, 0.15) is 19.4 Å². The molecule has 18 heavy (non-hydrogen) atoms. The van der Waals surface area contributed by atoms with Gasteiger partial charge in [-0.15, -0.1) is 0 Å². The minimum absolute atomic E-state index is 0.179. The van der Waals surface area contributed by atoms with Gasteiger partial charge in [-0.1, -0.05) is 0 Å². The Balaban J connectivity index is 2.82. The second kappa shape index (κ2) is 6.38. The molecule has 102 valence electrons. The summed E-state index contributed by atoms with van der Waals surface area (Å²) in [6.45, 7) is 4.40. The zero-order valence-electron chi connectivity index (χ0n) is 10.0. The molecule has 3 nitrogen and oxygen atoms in total. The van der Waals surface area contributed by atoms with Crippen molar-refractivity contribution in [3.8, 4) is 0 Å². The average molecular weight is 327 g/mol. The predicted octanol–water partition coefficient (Wildman–Crippen LogP) is 3.70. The van der Waals surface area contributed by atoms with Crippen molar-refractivity contribution < 1.29 is 17.9 Å². The van der Waals surface area contributed by atoms with Crippen molar-refractivity contribution in [1.82, 2.24) is 4.98 Å². The molecule has 1 N–H and O–H groups in total. The Morgan fingerprint density at radius 2 is 2.17 bits per heavy atom. The number of nitrogens with zero attached hydrogens (tertiary/aromatic N) is 1. The number of hydrogen-bond acceptors (Lipinski definition) is 3. The van der Waals surface area contributed by atoms with E-state index in [0.717, 1.165) is 6.07 Å².